The van der Waals surface area contributed by atoms with Gasteiger partial charge in [0.05, 0.1) is 14.2 Å². The van der Waals surface area contributed by atoms with Crippen molar-refractivity contribution in [2.45, 2.75) is 13.3 Å². The minimum absolute atomic E-state index is 0.136. The van der Waals surface area contributed by atoms with Gasteiger partial charge in [0.15, 0.2) is 17.3 Å². The molecular formula is C13H14O3. The summed E-state index contributed by atoms with van der Waals surface area (Å²) in [5.74, 6) is 1.50. The van der Waals surface area contributed by atoms with Crippen LogP contribution in [-0.2, 0) is 11.2 Å². The number of hydrogen-bond donors (Lipinski definition) is 0. The minimum atomic E-state index is 0.136. The Kier molecular flexibility index (Phi) is 2.69. The molecule has 0 aromatic heterocycles. The van der Waals surface area contributed by atoms with E-state index in [1.807, 2.05) is 19.1 Å². The average molecular weight is 218 g/mol. The Bertz CT molecular complexity index is 472. The van der Waals surface area contributed by atoms with E-state index >= 15 is 0 Å². The maximum Gasteiger partial charge on any atom is 0.161 e. The van der Waals surface area contributed by atoms with Crippen LogP contribution in [0.25, 0.3) is 5.57 Å². The summed E-state index contributed by atoms with van der Waals surface area (Å²) in [5.41, 5.74) is 3.05. The number of methoxy groups -OCH3 is 2. The molecule has 0 saturated heterocycles. The number of allylic oxidation sites excluding steroid dienone is 2. The molecule has 84 valence electrons. The van der Waals surface area contributed by atoms with Gasteiger partial charge in [-0.3, -0.25) is 4.79 Å². The van der Waals surface area contributed by atoms with Crippen molar-refractivity contribution >= 4 is 11.4 Å². The quantitative estimate of drug-likeness (QED) is 0.763. The molecule has 1 aromatic carbocycles. The van der Waals surface area contributed by atoms with E-state index in [-0.39, 0.29) is 5.78 Å². The van der Waals surface area contributed by atoms with Gasteiger partial charge in [0.1, 0.15) is 0 Å². The van der Waals surface area contributed by atoms with Gasteiger partial charge in [-0.2, -0.15) is 0 Å². The largest absolute Gasteiger partial charge is 0.493 e. The molecule has 0 heterocycles. The molecule has 0 spiro atoms. The highest BCUT2D eigenvalue weighted by molar-refractivity contribution is 6.01. The standard InChI is InChI=1S/C13H14O3/c1-8-4-10(14)5-9-6-12(15-2)13(16-3)7-11(8)9/h4,6-7H,5H2,1-3H3. The fourth-order valence-electron chi connectivity index (χ4n) is 1.99. The van der Waals surface area contributed by atoms with Gasteiger partial charge >= 0.3 is 0 Å². The lowest BCUT2D eigenvalue weighted by Crippen LogP contribution is -2.08. The molecule has 1 aliphatic carbocycles. The van der Waals surface area contributed by atoms with Crippen molar-refractivity contribution < 1.29 is 14.3 Å². The van der Waals surface area contributed by atoms with Gasteiger partial charge in [-0.15, -0.1) is 0 Å². The lowest BCUT2D eigenvalue weighted by molar-refractivity contribution is -0.114. The van der Waals surface area contributed by atoms with Gasteiger partial charge in [0, 0.05) is 6.42 Å². The summed E-state index contributed by atoms with van der Waals surface area (Å²) < 4.78 is 10.5. The Labute approximate surface area is 94.7 Å². The molecule has 0 N–H and O–H groups in total. The third-order valence-corrected chi connectivity index (χ3v) is 2.78. The first-order chi connectivity index (χ1) is 7.65. The fourth-order valence-corrected chi connectivity index (χ4v) is 1.99. The molecule has 0 fully saturated rings. The summed E-state index contributed by atoms with van der Waals surface area (Å²) in [6.07, 6.45) is 2.11. The van der Waals surface area contributed by atoms with Crippen molar-refractivity contribution in [3.8, 4) is 11.5 Å². The van der Waals surface area contributed by atoms with Gasteiger partial charge in [-0.1, -0.05) is 0 Å². The van der Waals surface area contributed by atoms with Crippen LogP contribution in [0.4, 0.5) is 0 Å². The summed E-state index contributed by atoms with van der Waals surface area (Å²) in [7, 11) is 3.20. The number of carbonyl (C=O) groups excluding carboxylic acids is 1. The number of carbonyl (C=O) groups is 1. The van der Waals surface area contributed by atoms with Gasteiger partial charge in [-0.05, 0) is 41.8 Å². The average Bonchev–Trinajstić information content (AvgIpc) is 2.27. The summed E-state index contributed by atoms with van der Waals surface area (Å²) in [6.45, 7) is 1.93. The van der Waals surface area contributed by atoms with Crippen LogP contribution in [0.5, 0.6) is 11.5 Å². The van der Waals surface area contributed by atoms with Crippen LogP contribution in [0.15, 0.2) is 18.2 Å². The van der Waals surface area contributed by atoms with E-state index in [1.54, 1.807) is 20.3 Å². The summed E-state index contributed by atoms with van der Waals surface area (Å²) in [4.78, 5) is 11.4. The molecule has 2 rings (SSSR count). The molecule has 0 atom stereocenters. The maximum absolute atomic E-state index is 11.4. The highest BCUT2D eigenvalue weighted by atomic mass is 16.5. The Morgan fingerprint density at radius 3 is 2.38 bits per heavy atom. The van der Waals surface area contributed by atoms with Crippen LogP contribution in [0.3, 0.4) is 0 Å². The molecule has 0 aliphatic heterocycles. The number of benzene rings is 1. The van der Waals surface area contributed by atoms with Crippen LogP contribution >= 0.6 is 0 Å². The lowest BCUT2D eigenvalue weighted by Gasteiger charge is -2.17. The van der Waals surface area contributed by atoms with Crippen molar-refractivity contribution in [2.24, 2.45) is 0 Å². The summed E-state index contributed by atoms with van der Waals surface area (Å²) >= 11 is 0. The van der Waals surface area contributed by atoms with Gasteiger partial charge < -0.3 is 9.47 Å². The van der Waals surface area contributed by atoms with Crippen molar-refractivity contribution in [3.05, 3.63) is 29.3 Å². The predicted octanol–water partition coefficient (Wildman–Crippen LogP) is 2.23. The Balaban J connectivity index is 2.59. The van der Waals surface area contributed by atoms with Crippen molar-refractivity contribution in [1.29, 1.82) is 0 Å². The van der Waals surface area contributed by atoms with E-state index in [4.69, 9.17) is 9.47 Å². The first kappa shape index (κ1) is 10.7. The molecule has 1 aromatic rings. The maximum atomic E-state index is 11.4. The van der Waals surface area contributed by atoms with Crippen LogP contribution in [0, 0.1) is 0 Å². The SMILES string of the molecule is COc1cc2c(cc1OC)C(C)=CC(=O)C2. The zero-order valence-electron chi connectivity index (χ0n) is 9.66. The van der Waals surface area contributed by atoms with Gasteiger partial charge in [-0.25, -0.2) is 0 Å². The van der Waals surface area contributed by atoms with E-state index in [0.29, 0.717) is 17.9 Å². The van der Waals surface area contributed by atoms with E-state index in [9.17, 15) is 4.79 Å². The molecule has 16 heavy (non-hydrogen) atoms. The zero-order chi connectivity index (χ0) is 11.7. The number of rotatable bonds is 2. The highest BCUT2D eigenvalue weighted by Gasteiger charge is 2.18. The molecule has 3 heteroatoms. The molecule has 0 unspecified atom stereocenters. The van der Waals surface area contributed by atoms with Crippen LogP contribution < -0.4 is 9.47 Å². The van der Waals surface area contributed by atoms with Crippen LogP contribution in [-0.4, -0.2) is 20.0 Å². The number of fused-ring (bicyclic) bond motifs is 1. The fraction of sp³-hybridized carbons (Fsp3) is 0.308. The molecule has 0 bridgehead atoms. The molecule has 0 radical (unpaired) electrons. The monoisotopic (exact) mass is 218 g/mol. The summed E-state index contributed by atoms with van der Waals surface area (Å²) in [6, 6.07) is 3.80. The molecule has 0 amide bonds. The topological polar surface area (TPSA) is 35.5 Å². The summed E-state index contributed by atoms with van der Waals surface area (Å²) in [5, 5.41) is 0. The molecular weight excluding hydrogens is 204 g/mol. The Morgan fingerprint density at radius 2 is 1.75 bits per heavy atom. The van der Waals surface area contributed by atoms with E-state index in [1.165, 1.54) is 0 Å². The van der Waals surface area contributed by atoms with E-state index < -0.39 is 0 Å². The smallest absolute Gasteiger partial charge is 0.161 e. The predicted molar refractivity (Wildman–Crippen MR) is 61.9 cm³/mol. The third-order valence-electron chi connectivity index (χ3n) is 2.78. The normalized spacial score (nSPS) is 14.2. The third kappa shape index (κ3) is 1.69. The zero-order valence-corrected chi connectivity index (χ0v) is 9.66. The number of hydrogen-bond acceptors (Lipinski definition) is 3. The molecule has 0 saturated carbocycles. The van der Waals surface area contributed by atoms with Gasteiger partial charge in [0.25, 0.3) is 0 Å². The number of ether oxygens (including phenoxy) is 2. The Morgan fingerprint density at radius 1 is 1.12 bits per heavy atom. The second-order valence-corrected chi connectivity index (χ2v) is 3.83. The second-order valence-electron chi connectivity index (χ2n) is 3.83. The second kappa shape index (κ2) is 4.00. The highest BCUT2D eigenvalue weighted by Crippen LogP contribution is 2.35. The first-order valence-corrected chi connectivity index (χ1v) is 5.12. The molecule has 1 aliphatic rings. The minimum Gasteiger partial charge on any atom is -0.493 e. The van der Waals surface area contributed by atoms with E-state index in [0.717, 1.165) is 16.7 Å². The van der Waals surface area contributed by atoms with Gasteiger partial charge in [0.2, 0.25) is 0 Å². The van der Waals surface area contributed by atoms with E-state index in [2.05, 4.69) is 0 Å². The van der Waals surface area contributed by atoms with Crippen molar-refractivity contribution in [3.63, 3.8) is 0 Å². The number of ketones is 1. The lowest BCUT2D eigenvalue weighted by atomic mass is 9.90. The van der Waals surface area contributed by atoms with Crippen molar-refractivity contribution in [1.82, 2.24) is 0 Å². The van der Waals surface area contributed by atoms with Crippen LogP contribution in [0.1, 0.15) is 18.1 Å². The Hall–Kier alpha value is -1.77. The van der Waals surface area contributed by atoms with Crippen LogP contribution in [0.2, 0.25) is 0 Å². The van der Waals surface area contributed by atoms with Crippen molar-refractivity contribution in [2.75, 3.05) is 14.2 Å². The molecule has 3 nitrogen and oxygen atoms in total. The first-order valence-electron chi connectivity index (χ1n) is 5.12.